The highest BCUT2D eigenvalue weighted by atomic mass is 32.2. The third-order valence-electron chi connectivity index (χ3n) is 4.41. The largest absolute Gasteiger partial charge is 0.376 e. The van der Waals surface area contributed by atoms with Gasteiger partial charge in [-0.1, -0.05) is 18.2 Å². The van der Waals surface area contributed by atoms with Gasteiger partial charge in [0.2, 0.25) is 10.0 Å². The Bertz CT molecular complexity index is 652. The maximum atomic E-state index is 12.6. The molecule has 2 saturated heterocycles. The van der Waals surface area contributed by atoms with Gasteiger partial charge in [-0.2, -0.15) is 4.31 Å². The highest BCUT2D eigenvalue weighted by Crippen LogP contribution is 2.17. The predicted octanol–water partition coefficient (Wildman–Crippen LogP) is 1.05. The number of nitrogens with zero attached hydrogens (tertiary/aromatic N) is 2. The van der Waals surface area contributed by atoms with Crippen LogP contribution in [0.2, 0.25) is 0 Å². The molecule has 1 N–H and O–H groups in total. The Labute approximate surface area is 148 Å². The molecule has 0 aromatic heterocycles. The van der Waals surface area contributed by atoms with Gasteiger partial charge in [0.15, 0.2) is 5.11 Å². The van der Waals surface area contributed by atoms with Gasteiger partial charge in [-0.25, -0.2) is 8.42 Å². The minimum atomic E-state index is -3.41. The summed E-state index contributed by atoms with van der Waals surface area (Å²) in [5, 5.41) is 3.93. The van der Waals surface area contributed by atoms with Crippen molar-refractivity contribution in [2.24, 2.45) is 0 Å². The molecular weight excluding hydrogens is 346 g/mol. The summed E-state index contributed by atoms with van der Waals surface area (Å²) in [5.41, 5.74) is 0. The van der Waals surface area contributed by atoms with Gasteiger partial charge < -0.3 is 15.0 Å². The lowest BCUT2D eigenvalue weighted by molar-refractivity contribution is 0.113. The number of thiocarbonyl (C=S) groups is 1. The van der Waals surface area contributed by atoms with Crippen LogP contribution in [0, 0.1) is 0 Å². The van der Waals surface area contributed by atoms with Gasteiger partial charge in [0.25, 0.3) is 0 Å². The van der Waals surface area contributed by atoms with E-state index in [-0.39, 0.29) is 6.10 Å². The van der Waals surface area contributed by atoms with Crippen LogP contribution in [-0.4, -0.2) is 68.2 Å². The number of sulfonamides is 1. The fraction of sp³-hybridized carbons (Fsp3) is 0.562. The smallest absolute Gasteiger partial charge is 0.243 e. The first kappa shape index (κ1) is 17.6. The molecule has 0 bridgehead atoms. The molecule has 2 aliphatic rings. The number of ether oxygens (including phenoxy) is 1. The van der Waals surface area contributed by atoms with E-state index >= 15 is 0 Å². The first-order chi connectivity index (χ1) is 11.6. The lowest BCUT2D eigenvalue weighted by Crippen LogP contribution is -2.53. The van der Waals surface area contributed by atoms with Crippen molar-refractivity contribution >= 4 is 27.4 Å². The Kier molecular flexibility index (Phi) is 5.70. The van der Waals surface area contributed by atoms with Gasteiger partial charge in [-0.3, -0.25) is 0 Å². The third-order valence-corrected chi connectivity index (χ3v) is 6.73. The Balaban J connectivity index is 1.51. The second-order valence-corrected chi connectivity index (χ2v) is 8.35. The van der Waals surface area contributed by atoms with Crippen molar-refractivity contribution in [1.29, 1.82) is 0 Å². The van der Waals surface area contributed by atoms with Crippen molar-refractivity contribution in [3.63, 3.8) is 0 Å². The van der Waals surface area contributed by atoms with Gasteiger partial charge in [-0.15, -0.1) is 0 Å². The maximum Gasteiger partial charge on any atom is 0.243 e. The number of rotatable bonds is 4. The molecular formula is C16H23N3O3S2. The minimum Gasteiger partial charge on any atom is -0.376 e. The zero-order valence-corrected chi connectivity index (χ0v) is 15.2. The summed E-state index contributed by atoms with van der Waals surface area (Å²) < 4.78 is 32.3. The summed E-state index contributed by atoms with van der Waals surface area (Å²) in [5.74, 6) is 0. The van der Waals surface area contributed by atoms with E-state index < -0.39 is 10.0 Å². The first-order valence-corrected chi connectivity index (χ1v) is 10.1. The monoisotopic (exact) mass is 369 g/mol. The second-order valence-electron chi connectivity index (χ2n) is 6.03. The number of hydrogen-bond donors (Lipinski definition) is 1. The molecule has 1 unspecified atom stereocenters. The average Bonchev–Trinajstić information content (AvgIpc) is 3.14. The van der Waals surface area contributed by atoms with Crippen LogP contribution in [0.5, 0.6) is 0 Å². The number of nitrogens with one attached hydrogen (secondary N) is 1. The van der Waals surface area contributed by atoms with E-state index in [2.05, 4.69) is 5.32 Å². The first-order valence-electron chi connectivity index (χ1n) is 8.27. The van der Waals surface area contributed by atoms with E-state index in [4.69, 9.17) is 17.0 Å². The average molecular weight is 370 g/mol. The molecule has 1 aromatic rings. The van der Waals surface area contributed by atoms with Crippen LogP contribution in [0.3, 0.4) is 0 Å². The molecule has 1 aromatic carbocycles. The van der Waals surface area contributed by atoms with Crippen LogP contribution in [0.4, 0.5) is 0 Å². The fourth-order valence-electron chi connectivity index (χ4n) is 2.99. The molecule has 0 saturated carbocycles. The van der Waals surface area contributed by atoms with E-state index in [0.717, 1.165) is 26.0 Å². The van der Waals surface area contributed by atoms with Crippen LogP contribution >= 0.6 is 12.2 Å². The van der Waals surface area contributed by atoms with E-state index in [9.17, 15) is 8.42 Å². The summed E-state index contributed by atoms with van der Waals surface area (Å²) in [4.78, 5) is 2.37. The van der Waals surface area contributed by atoms with Crippen LogP contribution in [0.15, 0.2) is 35.2 Å². The van der Waals surface area contributed by atoms with Crippen LogP contribution < -0.4 is 5.32 Å². The molecule has 6 nitrogen and oxygen atoms in total. The molecule has 2 heterocycles. The molecule has 0 amide bonds. The van der Waals surface area contributed by atoms with Gasteiger partial charge in [0.1, 0.15) is 0 Å². The van der Waals surface area contributed by atoms with Crippen LogP contribution in [0.1, 0.15) is 12.8 Å². The summed E-state index contributed by atoms with van der Waals surface area (Å²) in [6, 6.07) is 8.57. The molecule has 2 aliphatic heterocycles. The van der Waals surface area contributed by atoms with Crippen LogP contribution in [-0.2, 0) is 14.8 Å². The molecule has 3 rings (SSSR count). The van der Waals surface area contributed by atoms with Crippen molar-refractivity contribution in [1.82, 2.24) is 14.5 Å². The minimum absolute atomic E-state index is 0.239. The number of hydrogen-bond acceptors (Lipinski definition) is 4. The summed E-state index contributed by atoms with van der Waals surface area (Å²) in [6.45, 7) is 3.64. The molecule has 132 valence electrons. The number of piperazine rings is 1. The van der Waals surface area contributed by atoms with E-state index in [1.165, 1.54) is 4.31 Å². The topological polar surface area (TPSA) is 61.9 Å². The van der Waals surface area contributed by atoms with E-state index in [1.807, 2.05) is 11.0 Å². The van der Waals surface area contributed by atoms with Crippen molar-refractivity contribution in [3.8, 4) is 0 Å². The zero-order chi connectivity index (χ0) is 17.0. The molecule has 1 atom stereocenters. The Morgan fingerprint density at radius 2 is 1.92 bits per heavy atom. The maximum absolute atomic E-state index is 12.6. The van der Waals surface area contributed by atoms with E-state index in [1.54, 1.807) is 24.3 Å². The fourth-order valence-corrected chi connectivity index (χ4v) is 4.70. The summed E-state index contributed by atoms with van der Waals surface area (Å²) >= 11 is 5.43. The van der Waals surface area contributed by atoms with Crippen LogP contribution in [0.25, 0.3) is 0 Å². The highest BCUT2D eigenvalue weighted by Gasteiger charge is 2.29. The molecule has 24 heavy (non-hydrogen) atoms. The molecule has 8 heteroatoms. The van der Waals surface area contributed by atoms with E-state index in [0.29, 0.717) is 36.2 Å². The standard InChI is InChI=1S/C16H23N3O3S2/c20-24(21,15-6-2-1-3-7-15)19-10-8-18(9-11-19)16(23)17-13-14-5-4-12-22-14/h1-3,6-7,14H,4-5,8-13H2,(H,17,23). The third kappa shape index (κ3) is 4.05. The zero-order valence-electron chi connectivity index (χ0n) is 13.6. The van der Waals surface area contributed by atoms with Gasteiger partial charge in [-0.05, 0) is 37.2 Å². The predicted molar refractivity (Wildman–Crippen MR) is 96.3 cm³/mol. The van der Waals surface area contributed by atoms with Crippen molar-refractivity contribution in [2.45, 2.75) is 23.8 Å². The Morgan fingerprint density at radius 1 is 1.21 bits per heavy atom. The molecule has 0 aliphatic carbocycles. The Morgan fingerprint density at radius 3 is 2.54 bits per heavy atom. The van der Waals surface area contributed by atoms with Gasteiger partial charge >= 0.3 is 0 Å². The molecule has 0 radical (unpaired) electrons. The number of benzene rings is 1. The highest BCUT2D eigenvalue weighted by molar-refractivity contribution is 7.89. The van der Waals surface area contributed by atoms with Gasteiger partial charge in [0.05, 0.1) is 11.0 Å². The molecule has 0 spiro atoms. The normalized spacial score (nSPS) is 22.5. The van der Waals surface area contributed by atoms with Crippen molar-refractivity contribution in [3.05, 3.63) is 30.3 Å². The summed E-state index contributed by atoms with van der Waals surface area (Å²) in [7, 11) is -3.41. The van der Waals surface area contributed by atoms with Crippen molar-refractivity contribution in [2.75, 3.05) is 39.3 Å². The SMILES string of the molecule is O=S(=O)(c1ccccc1)N1CCN(C(=S)NCC2CCCO2)CC1. The molecule has 2 fully saturated rings. The lowest BCUT2D eigenvalue weighted by atomic mass is 10.2. The quantitative estimate of drug-likeness (QED) is 0.801. The Hall–Kier alpha value is -1.22. The summed E-state index contributed by atoms with van der Waals surface area (Å²) in [6.07, 6.45) is 2.41. The lowest BCUT2D eigenvalue weighted by Gasteiger charge is -2.35. The van der Waals surface area contributed by atoms with Crippen molar-refractivity contribution < 1.29 is 13.2 Å². The second kappa shape index (κ2) is 7.77. The van der Waals surface area contributed by atoms with Gasteiger partial charge in [0, 0.05) is 39.3 Å².